The Balaban J connectivity index is 2.05. The fraction of sp³-hybridized carbons (Fsp3) is 0.188. The van der Waals surface area contributed by atoms with E-state index in [4.69, 9.17) is 0 Å². The molecular formula is C16H16B2N2O3. The van der Waals surface area contributed by atoms with Crippen molar-refractivity contribution in [3.8, 4) is 11.1 Å². The van der Waals surface area contributed by atoms with Crippen LogP contribution in [-0.2, 0) is 4.70 Å². The van der Waals surface area contributed by atoms with E-state index in [1.807, 2.05) is 36.4 Å². The van der Waals surface area contributed by atoms with Gasteiger partial charge in [-0.2, -0.15) is 0 Å². The molecule has 0 aromatic heterocycles. The van der Waals surface area contributed by atoms with Gasteiger partial charge in [-0.25, -0.2) is 0 Å². The molecule has 0 radical (unpaired) electrons. The Hall–Kier alpha value is -2.24. The molecule has 23 heavy (non-hydrogen) atoms. The predicted octanol–water partition coefficient (Wildman–Crippen LogP) is 2.02. The van der Waals surface area contributed by atoms with Gasteiger partial charge in [0, 0.05) is 0 Å². The molecule has 2 aromatic carbocycles. The summed E-state index contributed by atoms with van der Waals surface area (Å²) in [6.07, 6.45) is 1.21. The molecule has 1 aliphatic carbocycles. The van der Waals surface area contributed by atoms with E-state index in [0.29, 0.717) is 12.8 Å². The molecule has 0 fully saturated rings. The molecule has 1 unspecified atom stereocenters. The molecule has 114 valence electrons. The zero-order chi connectivity index (χ0) is 16.4. The van der Waals surface area contributed by atoms with E-state index >= 15 is 0 Å². The summed E-state index contributed by atoms with van der Waals surface area (Å²) in [6, 6.07) is 11.6. The number of nitrogens with one attached hydrogen (secondary N) is 1. The van der Waals surface area contributed by atoms with Crippen molar-refractivity contribution in [1.29, 1.82) is 0 Å². The van der Waals surface area contributed by atoms with Gasteiger partial charge in [0.15, 0.2) is 0 Å². The van der Waals surface area contributed by atoms with Crippen LogP contribution >= 0.6 is 0 Å². The minimum atomic E-state index is -0.645. The molecule has 3 rings (SSSR count). The van der Waals surface area contributed by atoms with Crippen molar-refractivity contribution in [2.24, 2.45) is 4.99 Å². The summed E-state index contributed by atoms with van der Waals surface area (Å²) in [4.78, 5) is 4.07. The zero-order valence-corrected chi connectivity index (χ0v) is 12.7. The van der Waals surface area contributed by atoms with Crippen molar-refractivity contribution in [3.05, 3.63) is 47.5 Å². The van der Waals surface area contributed by atoms with E-state index in [1.165, 1.54) is 6.11 Å². The molecule has 0 spiro atoms. The summed E-state index contributed by atoms with van der Waals surface area (Å²) in [5.74, 6) is -0.137. The predicted molar refractivity (Wildman–Crippen MR) is 92.9 cm³/mol. The Morgan fingerprint density at radius 2 is 1.96 bits per heavy atom. The second kappa shape index (κ2) is 6.48. The Labute approximate surface area is 135 Å². The molecule has 2 aromatic rings. The number of anilines is 1. The molecule has 0 bridgehead atoms. The van der Waals surface area contributed by atoms with E-state index < -0.39 is 7.05 Å². The standard InChI is InChI=1S/C16H16B2N2O3/c1-18(23)20-11-3-5-13-12-4-2-10(19-9-17-22)6-14(12)16(8-21)15(13)7-11/h2-7,9,16,20-21,23H,8H2,1H3. The number of nitrogens with zero attached hydrogens (tertiary/aromatic N) is 1. The first-order valence-electron chi connectivity index (χ1n) is 7.45. The van der Waals surface area contributed by atoms with Crippen LogP contribution in [0.3, 0.4) is 0 Å². The SMILES string of the molecule is CB(O)Nc1ccc2c(c1)C(CO)c1cc(N=CB=O)ccc1-2. The van der Waals surface area contributed by atoms with E-state index in [0.717, 1.165) is 27.9 Å². The molecule has 3 N–H and O–H groups in total. The first kappa shape index (κ1) is 15.6. The van der Waals surface area contributed by atoms with Crippen LogP contribution in [0.1, 0.15) is 17.0 Å². The molecule has 0 heterocycles. The number of hydrogen-bond acceptors (Lipinski definition) is 5. The van der Waals surface area contributed by atoms with Crippen LogP contribution < -0.4 is 5.23 Å². The van der Waals surface area contributed by atoms with Crippen LogP contribution in [0.2, 0.25) is 6.82 Å². The second-order valence-electron chi connectivity index (χ2n) is 5.54. The molecule has 0 saturated heterocycles. The van der Waals surface area contributed by atoms with Crippen LogP contribution in [-0.4, -0.2) is 37.1 Å². The number of aliphatic hydroxyl groups excluding tert-OH is 1. The normalized spacial score (nSPS) is 15.2. The molecule has 0 saturated carbocycles. The number of rotatable bonds is 5. The van der Waals surface area contributed by atoms with E-state index in [-0.39, 0.29) is 12.5 Å². The molecule has 1 atom stereocenters. The van der Waals surface area contributed by atoms with Crippen molar-refractivity contribution in [2.75, 3.05) is 11.8 Å². The van der Waals surface area contributed by atoms with E-state index in [9.17, 15) is 14.8 Å². The van der Waals surface area contributed by atoms with Gasteiger partial charge in [0.1, 0.15) is 0 Å². The maximum atomic E-state index is 10.4. The third kappa shape index (κ3) is 2.98. The third-order valence-corrected chi connectivity index (χ3v) is 3.97. The van der Waals surface area contributed by atoms with Gasteiger partial charge in [0.2, 0.25) is 0 Å². The average Bonchev–Trinajstić information content (AvgIpc) is 2.84. The van der Waals surface area contributed by atoms with Crippen LogP contribution in [0.25, 0.3) is 11.1 Å². The van der Waals surface area contributed by atoms with Gasteiger partial charge in [0.05, 0.1) is 0 Å². The van der Waals surface area contributed by atoms with Crippen molar-refractivity contribution in [1.82, 2.24) is 0 Å². The molecular weight excluding hydrogens is 290 g/mol. The van der Waals surface area contributed by atoms with Crippen LogP contribution in [0.5, 0.6) is 0 Å². The van der Waals surface area contributed by atoms with E-state index in [2.05, 4.69) is 10.2 Å². The number of fused-ring (bicyclic) bond motifs is 3. The summed E-state index contributed by atoms with van der Waals surface area (Å²) in [7, 11) is -0.00634. The summed E-state index contributed by atoms with van der Waals surface area (Å²) >= 11 is 0. The Morgan fingerprint density at radius 3 is 2.61 bits per heavy atom. The average molecular weight is 306 g/mol. The molecule has 1 aliphatic rings. The third-order valence-electron chi connectivity index (χ3n) is 3.97. The zero-order valence-electron chi connectivity index (χ0n) is 12.7. The number of benzene rings is 2. The fourth-order valence-corrected chi connectivity index (χ4v) is 3.07. The Kier molecular flexibility index (Phi) is 4.41. The number of aliphatic hydroxyl groups is 1. The Bertz CT molecular complexity index is 778. The van der Waals surface area contributed by atoms with Crippen molar-refractivity contribution >= 4 is 31.7 Å². The molecule has 7 heteroatoms. The van der Waals surface area contributed by atoms with Gasteiger partial charge in [-0.1, -0.05) is 0 Å². The summed E-state index contributed by atoms with van der Waals surface area (Å²) in [6.45, 7) is 1.64. The number of hydrogen-bond donors (Lipinski definition) is 3. The minimum absolute atomic E-state index is 0.0149. The van der Waals surface area contributed by atoms with Gasteiger partial charge in [-0.05, 0) is 0 Å². The molecule has 0 aliphatic heterocycles. The topological polar surface area (TPSA) is 81.9 Å². The van der Waals surface area contributed by atoms with Crippen molar-refractivity contribution in [3.63, 3.8) is 0 Å². The maximum absolute atomic E-state index is 10.4. The van der Waals surface area contributed by atoms with Gasteiger partial charge in [-0.15, -0.1) is 0 Å². The van der Waals surface area contributed by atoms with Crippen molar-refractivity contribution in [2.45, 2.75) is 12.7 Å². The fourth-order valence-electron chi connectivity index (χ4n) is 3.07. The van der Waals surface area contributed by atoms with Crippen LogP contribution in [0, 0.1) is 0 Å². The Morgan fingerprint density at radius 1 is 1.26 bits per heavy atom. The van der Waals surface area contributed by atoms with Gasteiger partial charge < -0.3 is 0 Å². The van der Waals surface area contributed by atoms with E-state index in [1.54, 1.807) is 6.82 Å². The summed E-state index contributed by atoms with van der Waals surface area (Å²) < 4.78 is 10.4. The first-order valence-corrected chi connectivity index (χ1v) is 7.45. The van der Waals surface area contributed by atoms with Gasteiger partial charge in [-0.3, -0.25) is 0 Å². The number of aliphatic imine (C=N–C) groups is 1. The first-order chi connectivity index (χ1) is 11.1. The van der Waals surface area contributed by atoms with Crippen LogP contribution in [0.4, 0.5) is 11.4 Å². The summed E-state index contributed by atoms with van der Waals surface area (Å²) in [5.41, 5.74) is 5.64. The second-order valence-corrected chi connectivity index (χ2v) is 5.54. The van der Waals surface area contributed by atoms with Crippen molar-refractivity contribution < 1.29 is 14.8 Å². The summed E-state index contributed by atoms with van der Waals surface area (Å²) in [5, 5.41) is 22.3. The molecule has 0 amide bonds. The van der Waals surface area contributed by atoms with Gasteiger partial charge >= 0.3 is 135 Å². The van der Waals surface area contributed by atoms with Gasteiger partial charge in [0.25, 0.3) is 0 Å². The van der Waals surface area contributed by atoms with Crippen LogP contribution in [0.15, 0.2) is 41.4 Å². The quantitative estimate of drug-likeness (QED) is 0.583. The molecule has 5 nitrogen and oxygen atoms in total. The monoisotopic (exact) mass is 306 g/mol.